The molecule has 2 aromatic rings. The quantitative estimate of drug-likeness (QED) is 0.814. The predicted octanol–water partition coefficient (Wildman–Crippen LogP) is 3.08. The highest BCUT2D eigenvalue weighted by molar-refractivity contribution is 5.95. The zero-order valence-corrected chi connectivity index (χ0v) is 14.8. The van der Waals surface area contributed by atoms with Crippen LogP contribution in [0.15, 0.2) is 48.5 Å². The molecule has 0 spiro atoms. The number of rotatable bonds is 7. The van der Waals surface area contributed by atoms with Crippen molar-refractivity contribution in [3.63, 3.8) is 0 Å². The van der Waals surface area contributed by atoms with E-state index in [0.717, 1.165) is 23.2 Å². The molecule has 0 heterocycles. The third kappa shape index (κ3) is 5.64. The lowest BCUT2D eigenvalue weighted by Gasteiger charge is -2.15. The summed E-state index contributed by atoms with van der Waals surface area (Å²) < 4.78 is 5.60. The fraction of sp³-hybridized carbons (Fsp3) is 0.300. The number of para-hydroxylation sites is 1. The van der Waals surface area contributed by atoms with Crippen molar-refractivity contribution in [2.45, 2.75) is 33.3 Å². The lowest BCUT2D eigenvalue weighted by atomic mass is 10.1. The number of anilines is 1. The van der Waals surface area contributed by atoms with Crippen LogP contribution in [-0.2, 0) is 16.0 Å². The van der Waals surface area contributed by atoms with Crippen molar-refractivity contribution >= 4 is 17.5 Å². The Balaban J connectivity index is 1.83. The van der Waals surface area contributed by atoms with Crippen molar-refractivity contribution in [3.8, 4) is 5.75 Å². The summed E-state index contributed by atoms with van der Waals surface area (Å²) in [5, 5.41) is 5.42. The maximum absolute atomic E-state index is 12.1. The van der Waals surface area contributed by atoms with E-state index in [1.54, 1.807) is 13.0 Å². The Bertz CT molecular complexity index is 743. The largest absolute Gasteiger partial charge is 0.481 e. The Labute approximate surface area is 148 Å². The number of aryl methyl sites for hydroxylation is 2. The number of nitrogens with one attached hydrogen (secondary N) is 2. The van der Waals surface area contributed by atoms with Crippen LogP contribution in [0, 0.1) is 6.92 Å². The second-order valence-electron chi connectivity index (χ2n) is 5.85. The van der Waals surface area contributed by atoms with E-state index in [-0.39, 0.29) is 18.4 Å². The molecule has 0 saturated heterocycles. The zero-order chi connectivity index (χ0) is 18.2. The first-order valence-electron chi connectivity index (χ1n) is 8.38. The average Bonchev–Trinajstić information content (AvgIpc) is 2.60. The number of ether oxygens (including phenoxy) is 1. The molecule has 2 aromatic carbocycles. The molecule has 1 atom stereocenters. The minimum absolute atomic E-state index is 0.0988. The standard InChI is InChI=1S/C20H24N2O3/c1-4-16-9-5-6-11-18(16)22-19(23)13-21-20(24)15(3)25-17-10-7-8-14(2)12-17/h5-12,15H,4,13H2,1-3H3,(H,21,24)(H,22,23). The van der Waals surface area contributed by atoms with E-state index in [1.807, 2.05) is 56.3 Å². The Hall–Kier alpha value is -2.82. The van der Waals surface area contributed by atoms with Crippen molar-refractivity contribution in [1.82, 2.24) is 5.32 Å². The number of hydrogen-bond donors (Lipinski definition) is 2. The van der Waals surface area contributed by atoms with Gasteiger partial charge in [-0.15, -0.1) is 0 Å². The van der Waals surface area contributed by atoms with E-state index in [1.165, 1.54) is 0 Å². The van der Waals surface area contributed by atoms with Crippen molar-refractivity contribution in [1.29, 1.82) is 0 Å². The molecule has 0 saturated carbocycles. The Kier molecular flexibility index (Phi) is 6.57. The summed E-state index contributed by atoms with van der Waals surface area (Å²) in [6, 6.07) is 15.1. The summed E-state index contributed by atoms with van der Waals surface area (Å²) >= 11 is 0. The van der Waals surface area contributed by atoms with E-state index < -0.39 is 6.10 Å². The van der Waals surface area contributed by atoms with Crippen LogP contribution in [-0.4, -0.2) is 24.5 Å². The monoisotopic (exact) mass is 340 g/mol. The third-order valence-corrected chi connectivity index (χ3v) is 3.77. The van der Waals surface area contributed by atoms with Crippen molar-refractivity contribution in [2.24, 2.45) is 0 Å². The molecule has 0 fully saturated rings. The van der Waals surface area contributed by atoms with E-state index in [4.69, 9.17) is 4.74 Å². The van der Waals surface area contributed by atoms with Gasteiger partial charge in [-0.1, -0.05) is 37.3 Å². The molecule has 1 unspecified atom stereocenters. The van der Waals surface area contributed by atoms with Gasteiger partial charge in [0, 0.05) is 5.69 Å². The first-order valence-corrected chi connectivity index (χ1v) is 8.38. The van der Waals surface area contributed by atoms with E-state index in [0.29, 0.717) is 5.75 Å². The van der Waals surface area contributed by atoms with Crippen LogP contribution in [0.5, 0.6) is 5.75 Å². The minimum atomic E-state index is -0.683. The first-order chi connectivity index (χ1) is 12.0. The molecule has 0 bridgehead atoms. The number of benzene rings is 2. The molecule has 25 heavy (non-hydrogen) atoms. The predicted molar refractivity (Wildman–Crippen MR) is 98.7 cm³/mol. The van der Waals surface area contributed by atoms with Crippen LogP contribution in [0.1, 0.15) is 25.0 Å². The molecule has 2 N–H and O–H groups in total. The van der Waals surface area contributed by atoms with Crippen LogP contribution in [0.3, 0.4) is 0 Å². The summed E-state index contributed by atoms with van der Waals surface area (Å²) in [5.41, 5.74) is 2.88. The van der Waals surface area contributed by atoms with Crippen LogP contribution in [0.2, 0.25) is 0 Å². The highest BCUT2D eigenvalue weighted by Crippen LogP contribution is 2.15. The molecule has 0 aliphatic rings. The van der Waals surface area contributed by atoms with Gasteiger partial charge in [0.15, 0.2) is 6.10 Å². The molecule has 132 valence electrons. The zero-order valence-electron chi connectivity index (χ0n) is 14.8. The fourth-order valence-electron chi connectivity index (χ4n) is 2.40. The van der Waals surface area contributed by atoms with Gasteiger partial charge in [-0.3, -0.25) is 9.59 Å². The molecule has 5 heteroatoms. The number of hydrogen-bond acceptors (Lipinski definition) is 3. The summed E-state index contributed by atoms with van der Waals surface area (Å²) in [5.74, 6) is 0.0291. The number of carbonyl (C=O) groups is 2. The van der Waals surface area contributed by atoms with E-state index in [9.17, 15) is 9.59 Å². The molecule has 0 aliphatic carbocycles. The smallest absolute Gasteiger partial charge is 0.261 e. The third-order valence-electron chi connectivity index (χ3n) is 3.77. The normalized spacial score (nSPS) is 11.5. The Morgan fingerprint density at radius 1 is 1.12 bits per heavy atom. The number of carbonyl (C=O) groups excluding carboxylic acids is 2. The van der Waals surface area contributed by atoms with Gasteiger partial charge in [0.05, 0.1) is 6.54 Å². The fourth-order valence-corrected chi connectivity index (χ4v) is 2.40. The van der Waals surface area contributed by atoms with Gasteiger partial charge in [0.1, 0.15) is 5.75 Å². The van der Waals surface area contributed by atoms with E-state index >= 15 is 0 Å². The van der Waals surface area contributed by atoms with Gasteiger partial charge in [0.25, 0.3) is 5.91 Å². The van der Waals surface area contributed by atoms with Gasteiger partial charge in [-0.25, -0.2) is 0 Å². The highest BCUT2D eigenvalue weighted by atomic mass is 16.5. The molecule has 0 aliphatic heterocycles. The summed E-state index contributed by atoms with van der Waals surface area (Å²) in [7, 11) is 0. The minimum Gasteiger partial charge on any atom is -0.481 e. The Morgan fingerprint density at radius 2 is 1.88 bits per heavy atom. The molecule has 0 aromatic heterocycles. The summed E-state index contributed by atoms with van der Waals surface area (Å²) in [6.07, 6.45) is 0.141. The molecular formula is C20H24N2O3. The molecule has 2 amide bonds. The molecular weight excluding hydrogens is 316 g/mol. The topological polar surface area (TPSA) is 67.4 Å². The Morgan fingerprint density at radius 3 is 2.60 bits per heavy atom. The lowest BCUT2D eigenvalue weighted by molar-refractivity contribution is -0.129. The SMILES string of the molecule is CCc1ccccc1NC(=O)CNC(=O)C(C)Oc1cccc(C)c1. The van der Waals surface area contributed by atoms with E-state index in [2.05, 4.69) is 10.6 Å². The van der Waals surface area contributed by atoms with Gasteiger partial charge in [0.2, 0.25) is 5.91 Å². The molecule has 5 nitrogen and oxygen atoms in total. The summed E-state index contributed by atoms with van der Waals surface area (Å²) in [6.45, 7) is 5.54. The lowest BCUT2D eigenvalue weighted by Crippen LogP contribution is -2.40. The van der Waals surface area contributed by atoms with Crippen molar-refractivity contribution in [2.75, 3.05) is 11.9 Å². The highest BCUT2D eigenvalue weighted by Gasteiger charge is 2.16. The summed E-state index contributed by atoms with van der Waals surface area (Å²) in [4.78, 5) is 24.1. The first kappa shape index (κ1) is 18.5. The number of amides is 2. The second-order valence-corrected chi connectivity index (χ2v) is 5.85. The van der Waals surface area contributed by atoms with Crippen LogP contribution in [0.25, 0.3) is 0 Å². The maximum atomic E-state index is 12.1. The van der Waals surface area contributed by atoms with Crippen LogP contribution in [0.4, 0.5) is 5.69 Å². The average molecular weight is 340 g/mol. The van der Waals surface area contributed by atoms with Crippen LogP contribution < -0.4 is 15.4 Å². The maximum Gasteiger partial charge on any atom is 0.261 e. The van der Waals surface area contributed by atoms with Crippen molar-refractivity contribution < 1.29 is 14.3 Å². The second kappa shape index (κ2) is 8.87. The van der Waals surface area contributed by atoms with Crippen LogP contribution >= 0.6 is 0 Å². The van der Waals surface area contributed by atoms with Gasteiger partial charge in [-0.05, 0) is 49.6 Å². The van der Waals surface area contributed by atoms with Gasteiger partial charge in [-0.2, -0.15) is 0 Å². The van der Waals surface area contributed by atoms with Gasteiger partial charge >= 0.3 is 0 Å². The molecule has 2 rings (SSSR count). The molecule has 0 radical (unpaired) electrons. The van der Waals surface area contributed by atoms with Gasteiger partial charge < -0.3 is 15.4 Å². The van der Waals surface area contributed by atoms with Crippen molar-refractivity contribution in [3.05, 3.63) is 59.7 Å².